The van der Waals surface area contributed by atoms with Crippen LogP contribution < -0.4 is 5.32 Å². The third-order valence-electron chi connectivity index (χ3n) is 2.75. The highest BCUT2D eigenvalue weighted by molar-refractivity contribution is 5.78. The molecular weight excluding hydrogens is 224 g/mol. The number of hydrogen-bond acceptors (Lipinski definition) is 5. The van der Waals surface area contributed by atoms with Crippen molar-refractivity contribution in [3.05, 3.63) is 0 Å². The average molecular weight is 246 g/mol. The molecule has 100 valence electrons. The van der Waals surface area contributed by atoms with E-state index in [2.05, 4.69) is 5.32 Å². The van der Waals surface area contributed by atoms with Crippen molar-refractivity contribution in [3.8, 4) is 0 Å². The maximum absolute atomic E-state index is 11.6. The molecule has 6 heteroatoms. The molecule has 0 aliphatic carbocycles. The summed E-state index contributed by atoms with van der Waals surface area (Å²) in [4.78, 5) is 13.6. The number of nitrogens with zero attached hydrogens (tertiary/aromatic N) is 1. The molecule has 1 rings (SSSR count). The van der Waals surface area contributed by atoms with E-state index in [1.54, 1.807) is 7.11 Å². The first-order valence-electron chi connectivity index (χ1n) is 5.96. The molecule has 1 unspecified atom stereocenters. The number of aliphatic hydroxyl groups excluding tert-OH is 1. The van der Waals surface area contributed by atoms with Gasteiger partial charge in [0.05, 0.1) is 32.4 Å². The Morgan fingerprint density at radius 2 is 2.47 bits per heavy atom. The molecule has 0 aromatic heterocycles. The van der Waals surface area contributed by atoms with Gasteiger partial charge in [-0.25, -0.2) is 0 Å². The van der Waals surface area contributed by atoms with Crippen LogP contribution in [0.1, 0.15) is 6.42 Å². The maximum Gasteiger partial charge on any atom is 0.234 e. The molecule has 1 aliphatic rings. The summed E-state index contributed by atoms with van der Waals surface area (Å²) < 4.78 is 10.1. The van der Waals surface area contributed by atoms with Crippen LogP contribution in [0.25, 0.3) is 0 Å². The molecule has 17 heavy (non-hydrogen) atoms. The van der Waals surface area contributed by atoms with Gasteiger partial charge in [0.15, 0.2) is 0 Å². The van der Waals surface area contributed by atoms with E-state index in [4.69, 9.17) is 14.6 Å². The molecule has 1 saturated heterocycles. The van der Waals surface area contributed by atoms with Gasteiger partial charge in [0.1, 0.15) is 0 Å². The second kappa shape index (κ2) is 8.41. The number of carbonyl (C=O) groups excluding carboxylic acids is 1. The Morgan fingerprint density at radius 1 is 1.65 bits per heavy atom. The Hall–Kier alpha value is -0.690. The third-order valence-corrected chi connectivity index (χ3v) is 2.75. The molecule has 0 aromatic rings. The van der Waals surface area contributed by atoms with Gasteiger partial charge in [0.25, 0.3) is 0 Å². The van der Waals surface area contributed by atoms with Crippen LogP contribution in [0, 0.1) is 0 Å². The number of aliphatic hydroxyl groups is 1. The van der Waals surface area contributed by atoms with Crippen LogP contribution in [0.2, 0.25) is 0 Å². The van der Waals surface area contributed by atoms with Crippen molar-refractivity contribution in [1.82, 2.24) is 10.2 Å². The maximum atomic E-state index is 11.6. The van der Waals surface area contributed by atoms with Crippen molar-refractivity contribution in [2.45, 2.75) is 12.5 Å². The van der Waals surface area contributed by atoms with Crippen LogP contribution >= 0.6 is 0 Å². The second-order valence-electron chi connectivity index (χ2n) is 4.08. The van der Waals surface area contributed by atoms with Crippen LogP contribution in [-0.2, 0) is 14.3 Å². The minimum Gasteiger partial charge on any atom is -0.395 e. The van der Waals surface area contributed by atoms with E-state index in [0.717, 1.165) is 6.42 Å². The number of ether oxygens (including phenoxy) is 2. The lowest BCUT2D eigenvalue weighted by Gasteiger charge is -2.33. The Labute approximate surface area is 102 Å². The summed E-state index contributed by atoms with van der Waals surface area (Å²) in [5.74, 6) is -0.0125. The summed E-state index contributed by atoms with van der Waals surface area (Å²) in [7, 11) is 1.64. The summed E-state index contributed by atoms with van der Waals surface area (Å²) in [6.45, 7) is 3.42. The Morgan fingerprint density at radius 3 is 3.18 bits per heavy atom. The molecule has 0 radical (unpaired) electrons. The highest BCUT2D eigenvalue weighted by Crippen LogP contribution is 2.05. The van der Waals surface area contributed by atoms with Gasteiger partial charge in [-0.1, -0.05) is 0 Å². The first kappa shape index (κ1) is 14.4. The molecular formula is C11H22N2O4. The monoisotopic (exact) mass is 246 g/mol. The number of hydrogen-bond donors (Lipinski definition) is 2. The van der Waals surface area contributed by atoms with Gasteiger partial charge in [-0.3, -0.25) is 9.69 Å². The molecule has 1 fully saturated rings. The Bertz CT molecular complexity index is 226. The van der Waals surface area contributed by atoms with Crippen LogP contribution in [0.5, 0.6) is 0 Å². The van der Waals surface area contributed by atoms with Gasteiger partial charge >= 0.3 is 0 Å². The van der Waals surface area contributed by atoms with Crippen LogP contribution in [-0.4, -0.2) is 75.1 Å². The molecule has 0 aromatic carbocycles. The quantitative estimate of drug-likeness (QED) is 0.554. The fourth-order valence-electron chi connectivity index (χ4n) is 1.75. The normalized spacial score (nSPS) is 21.4. The number of nitrogens with one attached hydrogen (secondary N) is 1. The van der Waals surface area contributed by atoms with Crippen molar-refractivity contribution in [2.24, 2.45) is 0 Å². The highest BCUT2D eigenvalue weighted by Gasteiger charge is 2.23. The van der Waals surface area contributed by atoms with Gasteiger partial charge in [-0.05, 0) is 6.42 Å². The van der Waals surface area contributed by atoms with E-state index in [0.29, 0.717) is 39.5 Å². The zero-order valence-electron chi connectivity index (χ0n) is 10.4. The van der Waals surface area contributed by atoms with E-state index in [1.807, 2.05) is 4.90 Å². The standard InChI is InChI=1S/C11H22N2O4/c1-16-5-2-3-12-11(15)7-13-4-6-17-9-10(13)8-14/h10,14H,2-9H2,1H3,(H,12,15). The lowest BCUT2D eigenvalue weighted by Crippen LogP contribution is -2.51. The minimum atomic E-state index is -0.0616. The van der Waals surface area contributed by atoms with Crippen molar-refractivity contribution in [1.29, 1.82) is 0 Å². The van der Waals surface area contributed by atoms with Crippen molar-refractivity contribution in [2.75, 3.05) is 53.2 Å². The van der Waals surface area contributed by atoms with E-state index in [9.17, 15) is 4.79 Å². The number of amides is 1. The van der Waals surface area contributed by atoms with E-state index in [-0.39, 0.29) is 18.6 Å². The number of rotatable bonds is 7. The highest BCUT2D eigenvalue weighted by atomic mass is 16.5. The first-order chi connectivity index (χ1) is 8.27. The van der Waals surface area contributed by atoms with E-state index >= 15 is 0 Å². The van der Waals surface area contributed by atoms with Gasteiger partial charge in [-0.15, -0.1) is 0 Å². The zero-order chi connectivity index (χ0) is 12.5. The van der Waals surface area contributed by atoms with Crippen LogP contribution in [0.15, 0.2) is 0 Å². The van der Waals surface area contributed by atoms with Gasteiger partial charge in [0.2, 0.25) is 5.91 Å². The number of carbonyl (C=O) groups is 1. The topological polar surface area (TPSA) is 71.0 Å². The second-order valence-corrected chi connectivity index (χ2v) is 4.08. The Kier molecular flexibility index (Phi) is 7.11. The fraction of sp³-hybridized carbons (Fsp3) is 0.909. The van der Waals surface area contributed by atoms with Gasteiger partial charge in [0, 0.05) is 26.8 Å². The predicted molar refractivity (Wildman–Crippen MR) is 62.8 cm³/mol. The molecule has 0 spiro atoms. The van der Waals surface area contributed by atoms with Gasteiger partial charge < -0.3 is 19.9 Å². The molecule has 0 saturated carbocycles. The first-order valence-corrected chi connectivity index (χ1v) is 5.96. The SMILES string of the molecule is COCCCNC(=O)CN1CCOCC1CO. The number of morpholine rings is 1. The summed E-state index contributed by atoms with van der Waals surface area (Å²) in [6, 6.07) is -0.0616. The lowest BCUT2D eigenvalue weighted by atomic mass is 10.2. The molecule has 1 heterocycles. The summed E-state index contributed by atoms with van der Waals surface area (Å²) in [5, 5.41) is 12.0. The summed E-state index contributed by atoms with van der Waals surface area (Å²) in [5.41, 5.74) is 0. The predicted octanol–water partition coefficient (Wildman–Crippen LogP) is -1.17. The molecule has 1 atom stereocenters. The molecule has 2 N–H and O–H groups in total. The Balaban J connectivity index is 2.19. The summed E-state index contributed by atoms with van der Waals surface area (Å²) in [6.07, 6.45) is 0.814. The smallest absolute Gasteiger partial charge is 0.234 e. The van der Waals surface area contributed by atoms with E-state index < -0.39 is 0 Å². The van der Waals surface area contributed by atoms with Crippen molar-refractivity contribution < 1.29 is 19.4 Å². The van der Waals surface area contributed by atoms with E-state index in [1.165, 1.54) is 0 Å². The molecule has 0 bridgehead atoms. The number of methoxy groups -OCH3 is 1. The minimum absolute atomic E-state index is 0.0125. The molecule has 6 nitrogen and oxygen atoms in total. The summed E-state index contributed by atoms with van der Waals surface area (Å²) >= 11 is 0. The van der Waals surface area contributed by atoms with Crippen molar-refractivity contribution in [3.63, 3.8) is 0 Å². The molecule has 1 aliphatic heterocycles. The van der Waals surface area contributed by atoms with Crippen LogP contribution in [0.3, 0.4) is 0 Å². The average Bonchev–Trinajstić information content (AvgIpc) is 2.35. The zero-order valence-corrected chi connectivity index (χ0v) is 10.4. The third kappa shape index (κ3) is 5.45. The largest absolute Gasteiger partial charge is 0.395 e. The molecule has 1 amide bonds. The van der Waals surface area contributed by atoms with Crippen LogP contribution in [0.4, 0.5) is 0 Å². The lowest BCUT2D eigenvalue weighted by molar-refractivity contribution is -0.125. The fourth-order valence-corrected chi connectivity index (χ4v) is 1.75. The van der Waals surface area contributed by atoms with Crippen molar-refractivity contribution >= 4 is 5.91 Å². The van der Waals surface area contributed by atoms with Gasteiger partial charge in [-0.2, -0.15) is 0 Å².